The fourth-order valence-electron chi connectivity index (χ4n) is 3.80. The Labute approximate surface area is 170 Å². The van der Waals surface area contributed by atoms with Crippen molar-refractivity contribution in [2.75, 3.05) is 19.6 Å². The minimum Gasteiger partial charge on any atom is -0.356 e. The van der Waals surface area contributed by atoms with Gasteiger partial charge in [-0.25, -0.2) is 0 Å². The number of hydrogen-bond donors (Lipinski definition) is 1. The molecule has 1 N–H and O–H groups in total. The fraction of sp³-hybridized carbons (Fsp3) is 0.524. The zero-order valence-electron chi connectivity index (χ0n) is 15.5. The van der Waals surface area contributed by atoms with Crippen molar-refractivity contribution in [3.05, 3.63) is 45.5 Å². The second-order valence-electron chi connectivity index (χ2n) is 7.34. The molecule has 0 spiro atoms. The van der Waals surface area contributed by atoms with Crippen molar-refractivity contribution in [2.45, 2.75) is 44.9 Å². The maximum atomic E-state index is 12.6. The van der Waals surface area contributed by atoms with E-state index in [0.29, 0.717) is 48.1 Å². The highest BCUT2D eigenvalue weighted by Crippen LogP contribution is 2.25. The average Bonchev–Trinajstić information content (AvgIpc) is 2.68. The third-order valence-corrected chi connectivity index (χ3v) is 5.99. The van der Waals surface area contributed by atoms with Crippen LogP contribution in [0.4, 0.5) is 0 Å². The number of hydrogen-bond acceptors (Lipinski definition) is 2. The Balaban J connectivity index is 1.44. The van der Waals surface area contributed by atoms with E-state index in [1.165, 1.54) is 31.3 Å². The molecule has 2 amide bonds. The summed E-state index contributed by atoms with van der Waals surface area (Å²) >= 11 is 12.0. The number of amides is 2. The molecule has 4 nitrogen and oxygen atoms in total. The first-order valence-electron chi connectivity index (χ1n) is 9.74. The van der Waals surface area contributed by atoms with Crippen LogP contribution in [0.15, 0.2) is 29.8 Å². The molecule has 1 saturated heterocycles. The fourth-order valence-corrected chi connectivity index (χ4v) is 4.29. The molecule has 0 bridgehead atoms. The summed E-state index contributed by atoms with van der Waals surface area (Å²) in [5.41, 5.74) is 1.94. The van der Waals surface area contributed by atoms with Gasteiger partial charge in [0.15, 0.2) is 0 Å². The molecule has 0 aromatic heterocycles. The van der Waals surface area contributed by atoms with Crippen molar-refractivity contribution >= 4 is 35.0 Å². The van der Waals surface area contributed by atoms with Crippen LogP contribution in [0.2, 0.25) is 10.0 Å². The lowest BCUT2D eigenvalue weighted by molar-refractivity contribution is -0.126. The van der Waals surface area contributed by atoms with Gasteiger partial charge in [0.05, 0.1) is 10.6 Å². The minimum absolute atomic E-state index is 0.0184. The maximum Gasteiger partial charge on any atom is 0.255 e. The van der Waals surface area contributed by atoms with Gasteiger partial charge in [0.2, 0.25) is 5.91 Å². The molecule has 0 saturated carbocycles. The van der Waals surface area contributed by atoms with E-state index < -0.39 is 0 Å². The Hall–Kier alpha value is -1.52. The first-order chi connectivity index (χ1) is 13.0. The number of carbonyl (C=O) groups is 2. The molecule has 0 unspecified atom stereocenters. The number of allylic oxidation sites excluding steroid dienone is 1. The smallest absolute Gasteiger partial charge is 0.255 e. The van der Waals surface area contributed by atoms with Gasteiger partial charge in [0.25, 0.3) is 5.91 Å². The molecule has 1 aliphatic carbocycles. The number of halogens is 2. The minimum atomic E-state index is -0.0974. The van der Waals surface area contributed by atoms with Crippen molar-refractivity contribution in [3.63, 3.8) is 0 Å². The van der Waals surface area contributed by atoms with E-state index in [4.69, 9.17) is 23.2 Å². The summed E-state index contributed by atoms with van der Waals surface area (Å²) in [7, 11) is 0. The first-order valence-corrected chi connectivity index (χ1v) is 10.5. The summed E-state index contributed by atoms with van der Waals surface area (Å²) < 4.78 is 0. The number of benzene rings is 1. The van der Waals surface area contributed by atoms with Gasteiger partial charge in [0, 0.05) is 30.6 Å². The van der Waals surface area contributed by atoms with Crippen LogP contribution in [-0.2, 0) is 4.79 Å². The van der Waals surface area contributed by atoms with Crippen LogP contribution >= 0.6 is 23.2 Å². The normalized spacial score (nSPS) is 18.1. The van der Waals surface area contributed by atoms with Crippen molar-refractivity contribution in [1.82, 2.24) is 10.2 Å². The molecule has 1 fully saturated rings. The summed E-state index contributed by atoms with van der Waals surface area (Å²) in [5.74, 6) is -0.00197. The molecule has 1 aromatic rings. The lowest BCUT2D eigenvalue weighted by Crippen LogP contribution is -2.43. The quantitative estimate of drug-likeness (QED) is 0.707. The molecular weight excluding hydrogens is 383 g/mol. The van der Waals surface area contributed by atoms with Crippen molar-refractivity contribution in [2.24, 2.45) is 5.92 Å². The third-order valence-electron chi connectivity index (χ3n) is 5.44. The number of rotatable bonds is 5. The molecule has 0 radical (unpaired) electrons. The maximum absolute atomic E-state index is 12.6. The summed E-state index contributed by atoms with van der Waals surface area (Å²) in [6, 6.07) is 4.91. The Bertz CT molecular complexity index is 725. The van der Waals surface area contributed by atoms with E-state index in [2.05, 4.69) is 11.4 Å². The third kappa shape index (κ3) is 5.49. The van der Waals surface area contributed by atoms with Gasteiger partial charge in [-0.15, -0.1) is 0 Å². The lowest BCUT2D eigenvalue weighted by Gasteiger charge is -2.31. The average molecular weight is 409 g/mol. The van der Waals surface area contributed by atoms with E-state index in [1.807, 2.05) is 0 Å². The standard InChI is InChI=1S/C21H26Cl2N2O2/c22-17-6-7-18(19(23)14-17)21(27)25-12-9-16(10-13-25)20(26)24-11-8-15-4-2-1-3-5-15/h4,6-7,14,16H,1-3,5,8-13H2,(H,24,26). The number of nitrogens with one attached hydrogen (secondary N) is 1. The Morgan fingerprint density at radius 1 is 1.15 bits per heavy atom. The van der Waals surface area contributed by atoms with Crippen LogP contribution in [0.5, 0.6) is 0 Å². The van der Waals surface area contributed by atoms with Crippen LogP contribution in [-0.4, -0.2) is 36.3 Å². The Morgan fingerprint density at radius 3 is 2.59 bits per heavy atom. The van der Waals surface area contributed by atoms with Crippen LogP contribution in [0, 0.1) is 5.92 Å². The second-order valence-corrected chi connectivity index (χ2v) is 8.18. The van der Waals surface area contributed by atoms with Crippen molar-refractivity contribution in [3.8, 4) is 0 Å². The van der Waals surface area contributed by atoms with E-state index in [9.17, 15) is 9.59 Å². The van der Waals surface area contributed by atoms with Crippen molar-refractivity contribution < 1.29 is 9.59 Å². The first kappa shape index (κ1) is 20.2. The molecule has 2 aliphatic rings. The second kappa shape index (κ2) is 9.61. The molecular formula is C21H26Cl2N2O2. The predicted octanol–water partition coefficient (Wildman–Crippen LogP) is 4.85. The van der Waals surface area contributed by atoms with E-state index in [1.54, 1.807) is 23.1 Å². The molecule has 6 heteroatoms. The highest BCUT2D eigenvalue weighted by molar-refractivity contribution is 6.36. The molecule has 1 heterocycles. The van der Waals surface area contributed by atoms with Gasteiger partial charge in [-0.3, -0.25) is 9.59 Å². The van der Waals surface area contributed by atoms with Crippen LogP contribution in [0.1, 0.15) is 55.3 Å². The summed E-state index contributed by atoms with van der Waals surface area (Å²) in [6.45, 7) is 1.85. The Kier molecular flexibility index (Phi) is 7.20. The summed E-state index contributed by atoms with van der Waals surface area (Å²) in [5, 5.41) is 3.95. The van der Waals surface area contributed by atoms with Gasteiger partial charge in [-0.1, -0.05) is 34.9 Å². The topological polar surface area (TPSA) is 49.4 Å². The lowest BCUT2D eigenvalue weighted by atomic mass is 9.94. The number of carbonyl (C=O) groups excluding carboxylic acids is 2. The highest BCUT2D eigenvalue weighted by Gasteiger charge is 2.28. The van der Waals surface area contributed by atoms with Crippen LogP contribution in [0.25, 0.3) is 0 Å². The number of likely N-dealkylation sites (tertiary alicyclic amines) is 1. The Morgan fingerprint density at radius 2 is 1.93 bits per heavy atom. The van der Waals surface area contributed by atoms with E-state index in [-0.39, 0.29) is 17.7 Å². The van der Waals surface area contributed by atoms with Crippen LogP contribution in [0.3, 0.4) is 0 Å². The van der Waals surface area contributed by atoms with Gasteiger partial charge in [-0.2, -0.15) is 0 Å². The summed E-state index contributed by atoms with van der Waals surface area (Å²) in [4.78, 5) is 26.8. The monoisotopic (exact) mass is 408 g/mol. The zero-order chi connectivity index (χ0) is 19.2. The van der Waals surface area contributed by atoms with E-state index in [0.717, 1.165) is 6.42 Å². The zero-order valence-corrected chi connectivity index (χ0v) is 17.0. The molecule has 3 rings (SSSR count). The molecule has 146 valence electrons. The highest BCUT2D eigenvalue weighted by atomic mass is 35.5. The molecule has 27 heavy (non-hydrogen) atoms. The number of nitrogens with zero attached hydrogens (tertiary/aromatic N) is 1. The largest absolute Gasteiger partial charge is 0.356 e. The molecule has 1 aliphatic heterocycles. The number of piperidine rings is 1. The van der Waals surface area contributed by atoms with Gasteiger partial charge in [0.1, 0.15) is 0 Å². The van der Waals surface area contributed by atoms with Crippen LogP contribution < -0.4 is 5.32 Å². The van der Waals surface area contributed by atoms with Gasteiger partial charge < -0.3 is 10.2 Å². The van der Waals surface area contributed by atoms with E-state index >= 15 is 0 Å². The molecule has 1 aromatic carbocycles. The predicted molar refractivity (Wildman–Crippen MR) is 109 cm³/mol. The summed E-state index contributed by atoms with van der Waals surface area (Å²) in [6.07, 6.45) is 9.55. The molecule has 0 atom stereocenters. The van der Waals surface area contributed by atoms with Gasteiger partial charge >= 0.3 is 0 Å². The van der Waals surface area contributed by atoms with Crippen molar-refractivity contribution in [1.29, 1.82) is 0 Å². The SMILES string of the molecule is O=C(NCCC1=CCCCC1)C1CCN(C(=O)c2ccc(Cl)cc2Cl)CC1. The van der Waals surface area contributed by atoms with Gasteiger partial charge in [-0.05, 0) is 63.1 Å².